The van der Waals surface area contributed by atoms with Gasteiger partial charge in [-0.15, -0.1) is 0 Å². The lowest BCUT2D eigenvalue weighted by molar-refractivity contribution is 0.0739. The molecule has 1 aliphatic heterocycles. The summed E-state index contributed by atoms with van der Waals surface area (Å²) < 4.78 is 5.35. The maximum atomic E-state index is 12.3. The fourth-order valence-corrected chi connectivity index (χ4v) is 2.14. The number of nitrogens with two attached hydrogens (primary N) is 1. The fraction of sp³-hybridized carbons (Fsp3) is 0.500. The molecule has 0 saturated heterocycles. The van der Waals surface area contributed by atoms with Crippen molar-refractivity contribution in [3.63, 3.8) is 0 Å². The molecule has 0 spiro atoms. The maximum absolute atomic E-state index is 12.3. The molecule has 0 bridgehead atoms. The molecule has 1 aliphatic rings. The van der Waals surface area contributed by atoms with E-state index in [0.717, 1.165) is 17.5 Å². The van der Waals surface area contributed by atoms with Crippen LogP contribution in [-0.2, 0) is 18.0 Å². The van der Waals surface area contributed by atoms with Crippen molar-refractivity contribution in [2.75, 3.05) is 13.6 Å². The minimum atomic E-state index is 0.0469. The number of carbonyl (C=O) groups is 1. The minimum Gasteiger partial charge on any atom is -0.372 e. The molecular formula is C14H20N2O2. The Balaban J connectivity index is 2.13. The Morgan fingerprint density at radius 1 is 1.44 bits per heavy atom. The molecule has 2 N–H and O–H groups in total. The van der Waals surface area contributed by atoms with Gasteiger partial charge in [-0.1, -0.05) is 6.07 Å². The van der Waals surface area contributed by atoms with Crippen LogP contribution in [0.5, 0.6) is 0 Å². The Hall–Kier alpha value is -1.39. The van der Waals surface area contributed by atoms with Gasteiger partial charge in [0.2, 0.25) is 0 Å². The molecule has 0 aliphatic carbocycles. The standard InChI is InChI=1S/C14H20N2O2/c1-10(5-6-15)16(2)14(17)11-3-4-12-8-18-9-13(12)7-11/h3-4,7,10H,5-6,8-9,15H2,1-2H3. The van der Waals surface area contributed by atoms with Gasteiger partial charge in [-0.05, 0) is 43.1 Å². The molecular weight excluding hydrogens is 228 g/mol. The van der Waals surface area contributed by atoms with Crippen molar-refractivity contribution < 1.29 is 9.53 Å². The molecule has 1 amide bonds. The third-order valence-corrected chi connectivity index (χ3v) is 3.53. The van der Waals surface area contributed by atoms with Crippen molar-refractivity contribution in [1.82, 2.24) is 4.90 Å². The molecule has 18 heavy (non-hydrogen) atoms. The van der Waals surface area contributed by atoms with E-state index in [2.05, 4.69) is 0 Å². The Morgan fingerprint density at radius 3 is 2.89 bits per heavy atom. The molecule has 1 heterocycles. The van der Waals surface area contributed by atoms with Gasteiger partial charge in [-0.25, -0.2) is 0 Å². The van der Waals surface area contributed by atoms with E-state index in [4.69, 9.17) is 10.5 Å². The quantitative estimate of drug-likeness (QED) is 0.879. The fourth-order valence-electron chi connectivity index (χ4n) is 2.14. The molecule has 0 radical (unpaired) electrons. The predicted molar refractivity (Wildman–Crippen MR) is 70.2 cm³/mol. The van der Waals surface area contributed by atoms with Crippen LogP contribution in [0.2, 0.25) is 0 Å². The second-order valence-electron chi connectivity index (χ2n) is 4.82. The van der Waals surface area contributed by atoms with Crippen molar-refractivity contribution in [2.24, 2.45) is 5.73 Å². The number of ether oxygens (including phenoxy) is 1. The summed E-state index contributed by atoms with van der Waals surface area (Å²) in [7, 11) is 1.83. The van der Waals surface area contributed by atoms with Gasteiger partial charge < -0.3 is 15.4 Å². The third kappa shape index (κ3) is 2.54. The lowest BCUT2D eigenvalue weighted by Crippen LogP contribution is -2.36. The van der Waals surface area contributed by atoms with Gasteiger partial charge in [0.05, 0.1) is 13.2 Å². The highest BCUT2D eigenvalue weighted by atomic mass is 16.5. The van der Waals surface area contributed by atoms with Crippen LogP contribution in [0, 0.1) is 0 Å². The van der Waals surface area contributed by atoms with Crippen LogP contribution in [-0.4, -0.2) is 30.4 Å². The number of amides is 1. The monoisotopic (exact) mass is 248 g/mol. The molecule has 0 saturated carbocycles. The average molecular weight is 248 g/mol. The Labute approximate surface area is 108 Å². The highest BCUT2D eigenvalue weighted by Crippen LogP contribution is 2.21. The number of nitrogens with zero attached hydrogens (tertiary/aromatic N) is 1. The molecule has 0 fully saturated rings. The lowest BCUT2D eigenvalue weighted by atomic mass is 10.0. The van der Waals surface area contributed by atoms with Gasteiger partial charge in [0.1, 0.15) is 0 Å². The first kappa shape index (κ1) is 13.1. The van der Waals surface area contributed by atoms with Crippen molar-refractivity contribution >= 4 is 5.91 Å². The highest BCUT2D eigenvalue weighted by Gasteiger charge is 2.19. The molecule has 1 aromatic carbocycles. The van der Waals surface area contributed by atoms with Gasteiger partial charge in [0.25, 0.3) is 5.91 Å². The maximum Gasteiger partial charge on any atom is 0.253 e. The molecule has 98 valence electrons. The van der Waals surface area contributed by atoms with E-state index in [-0.39, 0.29) is 11.9 Å². The van der Waals surface area contributed by atoms with Crippen LogP contribution in [0.25, 0.3) is 0 Å². The minimum absolute atomic E-state index is 0.0469. The summed E-state index contributed by atoms with van der Waals surface area (Å²) in [6.07, 6.45) is 0.816. The summed E-state index contributed by atoms with van der Waals surface area (Å²) in [5.41, 5.74) is 8.56. The van der Waals surface area contributed by atoms with Crippen LogP contribution < -0.4 is 5.73 Å². The number of fused-ring (bicyclic) bond motifs is 1. The Kier molecular flexibility index (Phi) is 3.99. The van der Waals surface area contributed by atoms with Crippen LogP contribution in [0.3, 0.4) is 0 Å². The van der Waals surface area contributed by atoms with Crippen molar-refractivity contribution in [3.05, 3.63) is 34.9 Å². The van der Waals surface area contributed by atoms with E-state index in [1.807, 2.05) is 32.2 Å². The highest BCUT2D eigenvalue weighted by molar-refractivity contribution is 5.94. The molecule has 4 heteroatoms. The summed E-state index contributed by atoms with van der Waals surface area (Å²) in [5.74, 6) is 0.0469. The molecule has 2 rings (SSSR count). The van der Waals surface area contributed by atoms with E-state index >= 15 is 0 Å². The largest absolute Gasteiger partial charge is 0.372 e. The number of benzene rings is 1. The van der Waals surface area contributed by atoms with Crippen LogP contribution in [0.4, 0.5) is 0 Å². The van der Waals surface area contributed by atoms with Gasteiger partial charge in [0, 0.05) is 18.7 Å². The van der Waals surface area contributed by atoms with E-state index in [1.54, 1.807) is 4.90 Å². The molecule has 1 atom stereocenters. The van der Waals surface area contributed by atoms with Gasteiger partial charge in [-0.2, -0.15) is 0 Å². The van der Waals surface area contributed by atoms with E-state index in [0.29, 0.717) is 19.8 Å². The van der Waals surface area contributed by atoms with Gasteiger partial charge in [0.15, 0.2) is 0 Å². The molecule has 0 aromatic heterocycles. The second kappa shape index (κ2) is 5.50. The summed E-state index contributed by atoms with van der Waals surface area (Å²) in [6, 6.07) is 5.96. The van der Waals surface area contributed by atoms with Gasteiger partial charge >= 0.3 is 0 Å². The molecule has 1 unspecified atom stereocenters. The van der Waals surface area contributed by atoms with Crippen LogP contribution in [0.1, 0.15) is 34.8 Å². The first-order valence-electron chi connectivity index (χ1n) is 6.30. The SMILES string of the molecule is CC(CCN)N(C)C(=O)c1ccc2c(c1)COC2. The zero-order valence-electron chi connectivity index (χ0n) is 11.0. The van der Waals surface area contributed by atoms with E-state index < -0.39 is 0 Å². The Bertz CT molecular complexity index is 445. The van der Waals surface area contributed by atoms with Crippen molar-refractivity contribution in [3.8, 4) is 0 Å². The van der Waals surface area contributed by atoms with Crippen LogP contribution in [0.15, 0.2) is 18.2 Å². The van der Waals surface area contributed by atoms with Gasteiger partial charge in [-0.3, -0.25) is 4.79 Å². The zero-order valence-corrected chi connectivity index (χ0v) is 11.0. The summed E-state index contributed by atoms with van der Waals surface area (Å²) in [5, 5.41) is 0. The number of rotatable bonds is 4. The Morgan fingerprint density at radius 2 is 2.17 bits per heavy atom. The summed E-state index contributed by atoms with van der Waals surface area (Å²) in [4.78, 5) is 14.1. The van der Waals surface area contributed by atoms with Crippen LogP contribution >= 0.6 is 0 Å². The summed E-state index contributed by atoms with van der Waals surface area (Å²) in [6.45, 7) is 3.87. The first-order chi connectivity index (χ1) is 8.63. The number of hydrogen-bond acceptors (Lipinski definition) is 3. The topological polar surface area (TPSA) is 55.6 Å². The number of hydrogen-bond donors (Lipinski definition) is 1. The zero-order chi connectivity index (χ0) is 13.1. The summed E-state index contributed by atoms with van der Waals surface area (Å²) >= 11 is 0. The van der Waals surface area contributed by atoms with Crippen molar-refractivity contribution in [1.29, 1.82) is 0 Å². The normalized spacial score (nSPS) is 15.3. The van der Waals surface area contributed by atoms with E-state index in [9.17, 15) is 4.79 Å². The molecule has 4 nitrogen and oxygen atoms in total. The average Bonchev–Trinajstić information content (AvgIpc) is 2.84. The predicted octanol–water partition coefficient (Wildman–Crippen LogP) is 1.53. The third-order valence-electron chi connectivity index (χ3n) is 3.53. The smallest absolute Gasteiger partial charge is 0.253 e. The second-order valence-corrected chi connectivity index (χ2v) is 4.82. The lowest BCUT2D eigenvalue weighted by Gasteiger charge is -2.24. The molecule has 1 aromatic rings. The first-order valence-corrected chi connectivity index (χ1v) is 6.30. The van der Waals surface area contributed by atoms with E-state index in [1.165, 1.54) is 5.56 Å². The van der Waals surface area contributed by atoms with Crippen molar-refractivity contribution in [2.45, 2.75) is 32.6 Å². The number of carbonyl (C=O) groups excluding carboxylic acids is 1.